The van der Waals surface area contributed by atoms with Crippen LogP contribution in [0.1, 0.15) is 24.5 Å². The molecule has 2 N–H and O–H groups in total. The lowest BCUT2D eigenvalue weighted by Crippen LogP contribution is -2.33. The molecule has 0 aliphatic carbocycles. The average molecular weight is 310 g/mol. The minimum atomic E-state index is -3.45. The molecule has 0 radical (unpaired) electrons. The summed E-state index contributed by atoms with van der Waals surface area (Å²) in [5, 5.41) is 12.9. The molecule has 1 aromatic rings. The van der Waals surface area contributed by atoms with Gasteiger partial charge in [-0.1, -0.05) is 12.1 Å². The van der Waals surface area contributed by atoms with Gasteiger partial charge in [0, 0.05) is 19.6 Å². The predicted octanol–water partition coefficient (Wildman–Crippen LogP) is 0.724. The molecule has 6 heteroatoms. The highest BCUT2D eigenvalue weighted by Crippen LogP contribution is 2.30. The van der Waals surface area contributed by atoms with E-state index in [9.17, 15) is 13.5 Å². The van der Waals surface area contributed by atoms with Gasteiger partial charge in [0.2, 0.25) is 10.0 Å². The number of hydrogen-bond acceptors (Lipinski definition) is 4. The maximum atomic E-state index is 12.9. The van der Waals surface area contributed by atoms with Crippen molar-refractivity contribution in [2.75, 3.05) is 19.6 Å². The zero-order valence-electron chi connectivity index (χ0n) is 12.2. The van der Waals surface area contributed by atoms with Crippen molar-refractivity contribution in [3.05, 3.63) is 29.3 Å². The van der Waals surface area contributed by atoms with Crippen molar-refractivity contribution in [2.45, 2.75) is 37.3 Å². The Hall–Kier alpha value is -0.950. The maximum Gasteiger partial charge on any atom is 0.243 e. The van der Waals surface area contributed by atoms with Crippen LogP contribution in [0.4, 0.5) is 0 Å². The van der Waals surface area contributed by atoms with Gasteiger partial charge in [-0.05, 0) is 49.4 Å². The van der Waals surface area contributed by atoms with E-state index in [2.05, 4.69) is 5.32 Å². The van der Waals surface area contributed by atoms with E-state index >= 15 is 0 Å². The Morgan fingerprint density at radius 2 is 2.24 bits per heavy atom. The number of benzene rings is 1. The van der Waals surface area contributed by atoms with Crippen LogP contribution < -0.4 is 5.32 Å². The lowest BCUT2D eigenvalue weighted by Gasteiger charge is -2.23. The summed E-state index contributed by atoms with van der Waals surface area (Å²) in [6.07, 6.45) is 1.02. The summed E-state index contributed by atoms with van der Waals surface area (Å²) in [7, 11) is -3.45. The largest absolute Gasteiger partial charge is 0.393 e. The van der Waals surface area contributed by atoms with Crippen LogP contribution in [-0.4, -0.2) is 43.6 Å². The van der Waals surface area contributed by atoms with Crippen LogP contribution in [0.3, 0.4) is 0 Å². The lowest BCUT2D eigenvalue weighted by molar-refractivity contribution is 0.133. The van der Waals surface area contributed by atoms with E-state index in [0.717, 1.165) is 37.1 Å². The van der Waals surface area contributed by atoms with Gasteiger partial charge < -0.3 is 10.4 Å². The highest BCUT2D eigenvalue weighted by atomic mass is 32.2. The summed E-state index contributed by atoms with van der Waals surface area (Å²) in [5.41, 5.74) is 2.03. The molecule has 2 heterocycles. The van der Waals surface area contributed by atoms with E-state index < -0.39 is 16.1 Å². The van der Waals surface area contributed by atoms with E-state index in [1.807, 2.05) is 12.1 Å². The Kier molecular flexibility index (Phi) is 4.05. The Bertz CT molecular complexity index is 628. The monoisotopic (exact) mass is 310 g/mol. The highest BCUT2D eigenvalue weighted by molar-refractivity contribution is 7.89. The molecule has 0 saturated carbocycles. The highest BCUT2D eigenvalue weighted by Gasteiger charge is 2.35. The van der Waals surface area contributed by atoms with Gasteiger partial charge in [-0.2, -0.15) is 4.31 Å². The molecule has 116 valence electrons. The first-order chi connectivity index (χ1) is 10.00. The van der Waals surface area contributed by atoms with Gasteiger partial charge >= 0.3 is 0 Å². The van der Waals surface area contributed by atoms with Gasteiger partial charge in [0.05, 0.1) is 11.0 Å². The summed E-state index contributed by atoms with van der Waals surface area (Å²) < 4.78 is 27.3. The molecule has 0 amide bonds. The van der Waals surface area contributed by atoms with E-state index in [-0.39, 0.29) is 5.92 Å². The van der Waals surface area contributed by atoms with Crippen LogP contribution in [0.2, 0.25) is 0 Å². The SMILES string of the molecule is CC(O)C1CCN(S(=O)(=O)c2cccc3c2CCNC3)C1. The Labute approximate surface area is 126 Å². The molecule has 2 aliphatic rings. The van der Waals surface area contributed by atoms with Gasteiger partial charge in [0.15, 0.2) is 0 Å². The summed E-state index contributed by atoms with van der Waals surface area (Å²) in [6.45, 7) is 4.20. The Balaban J connectivity index is 1.93. The van der Waals surface area contributed by atoms with Crippen LogP contribution in [0.25, 0.3) is 0 Å². The average Bonchev–Trinajstić information content (AvgIpc) is 2.97. The number of fused-ring (bicyclic) bond motifs is 1. The standard InChI is InChI=1S/C15H22N2O3S/c1-11(18)13-6-8-17(10-13)21(19,20)15-4-2-3-12-9-16-7-5-14(12)15/h2-4,11,13,16,18H,5-10H2,1H3. The molecule has 0 bridgehead atoms. The molecule has 2 aliphatic heterocycles. The minimum absolute atomic E-state index is 0.0426. The summed E-state index contributed by atoms with van der Waals surface area (Å²) >= 11 is 0. The summed E-state index contributed by atoms with van der Waals surface area (Å²) in [5.74, 6) is 0.0426. The van der Waals surface area contributed by atoms with Gasteiger partial charge in [-0.15, -0.1) is 0 Å². The van der Waals surface area contributed by atoms with Crippen LogP contribution in [0.15, 0.2) is 23.1 Å². The van der Waals surface area contributed by atoms with Crippen LogP contribution >= 0.6 is 0 Å². The van der Waals surface area contributed by atoms with Crippen molar-refractivity contribution in [1.82, 2.24) is 9.62 Å². The molecular formula is C15H22N2O3S. The van der Waals surface area contributed by atoms with Crippen molar-refractivity contribution < 1.29 is 13.5 Å². The van der Waals surface area contributed by atoms with E-state index in [1.54, 1.807) is 13.0 Å². The van der Waals surface area contributed by atoms with Crippen molar-refractivity contribution in [3.63, 3.8) is 0 Å². The molecule has 2 unspecified atom stereocenters. The van der Waals surface area contributed by atoms with Crippen LogP contribution in [0.5, 0.6) is 0 Å². The second-order valence-corrected chi connectivity index (χ2v) is 7.88. The zero-order valence-corrected chi connectivity index (χ0v) is 13.1. The molecule has 1 aromatic carbocycles. The fourth-order valence-electron chi connectivity index (χ4n) is 3.24. The van der Waals surface area contributed by atoms with E-state index in [0.29, 0.717) is 18.0 Å². The van der Waals surface area contributed by atoms with Crippen molar-refractivity contribution in [2.24, 2.45) is 5.92 Å². The zero-order chi connectivity index (χ0) is 15.0. The maximum absolute atomic E-state index is 12.9. The number of nitrogens with zero attached hydrogens (tertiary/aromatic N) is 1. The third kappa shape index (κ3) is 2.73. The van der Waals surface area contributed by atoms with Gasteiger partial charge in [0.25, 0.3) is 0 Å². The van der Waals surface area contributed by atoms with Crippen molar-refractivity contribution in [1.29, 1.82) is 0 Å². The quantitative estimate of drug-likeness (QED) is 0.863. The number of aliphatic hydroxyl groups excluding tert-OH is 1. The lowest BCUT2D eigenvalue weighted by atomic mass is 10.0. The normalized spacial score (nSPS) is 24.8. The minimum Gasteiger partial charge on any atom is -0.393 e. The first kappa shape index (κ1) is 15.0. The molecule has 0 aromatic heterocycles. The molecule has 0 spiro atoms. The molecule has 2 atom stereocenters. The second-order valence-electron chi connectivity index (χ2n) is 5.97. The van der Waals surface area contributed by atoms with E-state index in [1.165, 1.54) is 4.31 Å². The summed E-state index contributed by atoms with van der Waals surface area (Å²) in [4.78, 5) is 0.452. The van der Waals surface area contributed by atoms with Gasteiger partial charge in [0.1, 0.15) is 0 Å². The third-order valence-corrected chi connectivity index (χ3v) is 6.53. The second kappa shape index (κ2) is 5.68. The summed E-state index contributed by atoms with van der Waals surface area (Å²) in [6, 6.07) is 5.53. The number of hydrogen-bond donors (Lipinski definition) is 2. The third-order valence-electron chi connectivity index (χ3n) is 4.58. The first-order valence-corrected chi connectivity index (χ1v) is 8.94. The van der Waals surface area contributed by atoms with Crippen LogP contribution in [-0.2, 0) is 23.0 Å². The topological polar surface area (TPSA) is 69.6 Å². The molecule has 1 saturated heterocycles. The van der Waals surface area contributed by atoms with Crippen molar-refractivity contribution in [3.8, 4) is 0 Å². The smallest absolute Gasteiger partial charge is 0.243 e. The number of sulfonamides is 1. The van der Waals surface area contributed by atoms with Crippen molar-refractivity contribution >= 4 is 10.0 Å². The Morgan fingerprint density at radius 1 is 1.43 bits per heavy atom. The number of rotatable bonds is 3. The molecule has 5 nitrogen and oxygen atoms in total. The van der Waals surface area contributed by atoms with Gasteiger partial charge in [-0.25, -0.2) is 8.42 Å². The first-order valence-electron chi connectivity index (χ1n) is 7.50. The fraction of sp³-hybridized carbons (Fsp3) is 0.600. The van der Waals surface area contributed by atoms with Gasteiger partial charge in [-0.3, -0.25) is 0 Å². The predicted molar refractivity (Wildman–Crippen MR) is 80.4 cm³/mol. The molecule has 3 rings (SSSR count). The molecular weight excluding hydrogens is 288 g/mol. The molecule has 21 heavy (non-hydrogen) atoms. The number of nitrogens with one attached hydrogen (secondary N) is 1. The van der Waals surface area contributed by atoms with E-state index in [4.69, 9.17) is 0 Å². The number of aliphatic hydroxyl groups is 1. The fourth-order valence-corrected chi connectivity index (χ4v) is 5.05. The van der Waals surface area contributed by atoms with Crippen LogP contribution in [0, 0.1) is 5.92 Å². The molecule has 1 fully saturated rings. The Morgan fingerprint density at radius 3 is 2.95 bits per heavy atom.